The van der Waals surface area contributed by atoms with Crippen LogP contribution in [0.1, 0.15) is 50.3 Å². The van der Waals surface area contributed by atoms with Crippen LogP contribution in [0.2, 0.25) is 0 Å². The topological polar surface area (TPSA) is 23.5 Å². The average molecular weight is 247 g/mol. The number of fused-ring (bicyclic) bond motifs is 1. The Bertz CT molecular complexity index is 400. The van der Waals surface area contributed by atoms with Gasteiger partial charge in [0.1, 0.15) is 0 Å². The van der Waals surface area contributed by atoms with Crippen LogP contribution in [0.5, 0.6) is 0 Å². The van der Waals surface area contributed by atoms with E-state index in [-0.39, 0.29) is 6.10 Å². The minimum absolute atomic E-state index is 0.292. The fourth-order valence-electron chi connectivity index (χ4n) is 2.68. The number of aliphatic hydroxyl groups excluding tert-OH is 1. The summed E-state index contributed by atoms with van der Waals surface area (Å²) in [4.78, 5) is 2.28. The molecule has 1 aromatic rings. The molecule has 0 saturated heterocycles. The van der Waals surface area contributed by atoms with Gasteiger partial charge in [-0.2, -0.15) is 0 Å². The maximum atomic E-state index is 10.2. The van der Waals surface area contributed by atoms with Gasteiger partial charge in [0.25, 0.3) is 0 Å². The highest BCUT2D eigenvalue weighted by Gasteiger charge is 2.17. The van der Waals surface area contributed by atoms with Crippen molar-refractivity contribution >= 4 is 5.69 Å². The standard InChI is InChI=1S/C16H25NO/c1-12(2)5-4-6-16(18)14-7-8-15-13(11-14)9-10-17(15)3/h7-8,11-12,16,18H,4-6,9-10H2,1-3H3. The quantitative estimate of drug-likeness (QED) is 0.860. The van der Waals surface area contributed by atoms with Crippen molar-refractivity contribution in [3.05, 3.63) is 29.3 Å². The lowest BCUT2D eigenvalue weighted by Gasteiger charge is -2.15. The van der Waals surface area contributed by atoms with Crippen molar-refractivity contribution in [3.63, 3.8) is 0 Å². The molecule has 2 rings (SSSR count). The molecule has 2 nitrogen and oxygen atoms in total. The van der Waals surface area contributed by atoms with Gasteiger partial charge in [0.05, 0.1) is 6.10 Å². The number of hydrogen-bond acceptors (Lipinski definition) is 2. The van der Waals surface area contributed by atoms with Crippen molar-refractivity contribution in [1.82, 2.24) is 0 Å². The van der Waals surface area contributed by atoms with Crippen molar-refractivity contribution in [2.75, 3.05) is 18.5 Å². The highest BCUT2D eigenvalue weighted by Crippen LogP contribution is 2.30. The number of likely N-dealkylation sites (N-methyl/N-ethyl adjacent to an activating group) is 1. The highest BCUT2D eigenvalue weighted by molar-refractivity contribution is 5.58. The first-order valence-electron chi connectivity index (χ1n) is 7.10. The van der Waals surface area contributed by atoms with E-state index in [2.05, 4.69) is 44.0 Å². The molecule has 1 aliphatic heterocycles. The average Bonchev–Trinajstić information content (AvgIpc) is 2.70. The van der Waals surface area contributed by atoms with Gasteiger partial charge in [-0.15, -0.1) is 0 Å². The van der Waals surface area contributed by atoms with E-state index in [4.69, 9.17) is 0 Å². The van der Waals surface area contributed by atoms with Crippen LogP contribution >= 0.6 is 0 Å². The molecule has 0 radical (unpaired) electrons. The number of rotatable bonds is 5. The first-order chi connectivity index (χ1) is 8.58. The van der Waals surface area contributed by atoms with Gasteiger partial charge in [0, 0.05) is 19.3 Å². The van der Waals surface area contributed by atoms with Crippen molar-refractivity contribution in [2.24, 2.45) is 5.92 Å². The molecular weight excluding hydrogens is 222 g/mol. The molecule has 0 fully saturated rings. The summed E-state index contributed by atoms with van der Waals surface area (Å²) in [7, 11) is 2.13. The molecule has 1 heterocycles. The predicted octanol–water partition coefficient (Wildman–Crippen LogP) is 3.54. The van der Waals surface area contributed by atoms with Crippen LogP contribution < -0.4 is 4.90 Å². The summed E-state index contributed by atoms with van der Waals surface area (Å²) < 4.78 is 0. The number of nitrogens with zero attached hydrogens (tertiary/aromatic N) is 1. The lowest BCUT2D eigenvalue weighted by molar-refractivity contribution is 0.162. The van der Waals surface area contributed by atoms with Crippen LogP contribution in [0.3, 0.4) is 0 Å². The van der Waals surface area contributed by atoms with E-state index in [1.807, 2.05) is 0 Å². The second kappa shape index (κ2) is 5.75. The third-order valence-electron chi connectivity index (χ3n) is 3.88. The molecule has 1 aromatic carbocycles. The van der Waals surface area contributed by atoms with Gasteiger partial charge in [0.15, 0.2) is 0 Å². The first-order valence-corrected chi connectivity index (χ1v) is 7.10. The number of benzene rings is 1. The van der Waals surface area contributed by atoms with Crippen LogP contribution in [0.4, 0.5) is 5.69 Å². The van der Waals surface area contributed by atoms with E-state index in [9.17, 15) is 5.11 Å². The summed E-state index contributed by atoms with van der Waals surface area (Å²) in [5, 5.41) is 10.2. The summed E-state index contributed by atoms with van der Waals surface area (Å²) in [5.41, 5.74) is 3.80. The third kappa shape index (κ3) is 3.05. The Morgan fingerprint density at radius 1 is 1.28 bits per heavy atom. The normalized spacial score (nSPS) is 16.2. The molecule has 1 N–H and O–H groups in total. The molecule has 0 aromatic heterocycles. The number of hydrogen-bond donors (Lipinski definition) is 1. The van der Waals surface area contributed by atoms with Crippen molar-refractivity contribution < 1.29 is 5.11 Å². The van der Waals surface area contributed by atoms with Crippen LogP contribution in [-0.2, 0) is 6.42 Å². The molecule has 18 heavy (non-hydrogen) atoms. The highest BCUT2D eigenvalue weighted by atomic mass is 16.3. The second-order valence-electron chi connectivity index (χ2n) is 5.90. The summed E-state index contributed by atoms with van der Waals surface area (Å²) in [6.07, 6.45) is 4.01. The molecule has 1 unspecified atom stereocenters. The Balaban J connectivity index is 1.97. The van der Waals surface area contributed by atoms with Gasteiger partial charge in [-0.05, 0) is 36.0 Å². The van der Waals surface area contributed by atoms with Gasteiger partial charge in [-0.3, -0.25) is 0 Å². The van der Waals surface area contributed by atoms with Crippen LogP contribution in [0.25, 0.3) is 0 Å². The van der Waals surface area contributed by atoms with E-state index >= 15 is 0 Å². The fourth-order valence-corrected chi connectivity index (χ4v) is 2.68. The molecule has 0 saturated carbocycles. The second-order valence-corrected chi connectivity index (χ2v) is 5.90. The summed E-state index contributed by atoms with van der Waals surface area (Å²) in [5.74, 6) is 0.728. The molecule has 0 aliphatic carbocycles. The summed E-state index contributed by atoms with van der Waals surface area (Å²) >= 11 is 0. The maximum absolute atomic E-state index is 10.2. The zero-order chi connectivity index (χ0) is 13.1. The maximum Gasteiger partial charge on any atom is 0.0790 e. The van der Waals surface area contributed by atoms with Gasteiger partial charge >= 0.3 is 0 Å². The minimum atomic E-state index is -0.292. The zero-order valence-corrected chi connectivity index (χ0v) is 11.8. The first kappa shape index (κ1) is 13.4. The van der Waals surface area contributed by atoms with Gasteiger partial charge in [-0.25, -0.2) is 0 Å². The van der Waals surface area contributed by atoms with Crippen molar-refractivity contribution in [1.29, 1.82) is 0 Å². The van der Waals surface area contributed by atoms with Crippen LogP contribution in [-0.4, -0.2) is 18.7 Å². The number of aliphatic hydroxyl groups is 1. The minimum Gasteiger partial charge on any atom is -0.388 e. The van der Waals surface area contributed by atoms with Crippen LogP contribution in [0, 0.1) is 5.92 Å². The summed E-state index contributed by atoms with van der Waals surface area (Å²) in [6, 6.07) is 6.43. The Morgan fingerprint density at radius 2 is 2.06 bits per heavy atom. The van der Waals surface area contributed by atoms with E-state index < -0.39 is 0 Å². The van der Waals surface area contributed by atoms with Crippen LogP contribution in [0.15, 0.2) is 18.2 Å². The lowest BCUT2D eigenvalue weighted by Crippen LogP contribution is -2.12. The Kier molecular flexibility index (Phi) is 4.28. The van der Waals surface area contributed by atoms with E-state index in [1.165, 1.54) is 17.7 Å². The van der Waals surface area contributed by atoms with E-state index in [1.54, 1.807) is 0 Å². The zero-order valence-electron chi connectivity index (χ0n) is 11.8. The summed E-state index contributed by atoms with van der Waals surface area (Å²) in [6.45, 7) is 5.57. The largest absolute Gasteiger partial charge is 0.388 e. The lowest BCUT2D eigenvalue weighted by atomic mass is 9.98. The van der Waals surface area contributed by atoms with Gasteiger partial charge in [-0.1, -0.05) is 38.8 Å². The Labute approximate surface area is 111 Å². The Morgan fingerprint density at radius 3 is 2.78 bits per heavy atom. The van der Waals surface area contributed by atoms with Gasteiger partial charge < -0.3 is 10.0 Å². The third-order valence-corrected chi connectivity index (χ3v) is 3.88. The molecule has 0 spiro atoms. The van der Waals surface area contributed by atoms with Crippen molar-refractivity contribution in [2.45, 2.75) is 45.6 Å². The Hall–Kier alpha value is -1.02. The smallest absolute Gasteiger partial charge is 0.0790 e. The molecule has 1 aliphatic rings. The predicted molar refractivity (Wildman–Crippen MR) is 77.1 cm³/mol. The molecular formula is C16H25NO. The van der Waals surface area contributed by atoms with Gasteiger partial charge in [0.2, 0.25) is 0 Å². The van der Waals surface area contributed by atoms with Crippen molar-refractivity contribution in [3.8, 4) is 0 Å². The van der Waals surface area contributed by atoms with E-state index in [0.717, 1.165) is 37.3 Å². The molecule has 0 bridgehead atoms. The molecule has 0 amide bonds. The van der Waals surface area contributed by atoms with E-state index in [0.29, 0.717) is 0 Å². The molecule has 100 valence electrons. The SMILES string of the molecule is CC(C)CCCC(O)c1ccc2c(c1)CCN2C. The number of anilines is 1. The fraction of sp³-hybridized carbons (Fsp3) is 0.625. The molecule has 1 atom stereocenters. The molecule has 2 heteroatoms. The monoisotopic (exact) mass is 247 g/mol.